The molecule has 0 unspecified atom stereocenters. The van der Waals surface area contributed by atoms with Crippen LogP contribution in [0.5, 0.6) is 0 Å². The Balaban J connectivity index is 1.49. The van der Waals surface area contributed by atoms with Crippen LogP contribution in [-0.2, 0) is 4.74 Å². The molecule has 0 aliphatic carbocycles. The smallest absolute Gasteiger partial charge is 0.259 e. The van der Waals surface area contributed by atoms with E-state index >= 15 is 0 Å². The number of nitrogens with zero attached hydrogens (tertiary/aromatic N) is 4. The molecule has 1 aliphatic rings. The highest BCUT2D eigenvalue weighted by atomic mass is 35.5. The maximum Gasteiger partial charge on any atom is 0.259 e. The van der Waals surface area contributed by atoms with Gasteiger partial charge in [-0.2, -0.15) is 4.98 Å². The molecule has 1 atom stereocenters. The van der Waals surface area contributed by atoms with Crippen LogP contribution >= 0.6 is 11.6 Å². The minimum atomic E-state index is 0.442. The van der Waals surface area contributed by atoms with Crippen molar-refractivity contribution in [3.8, 4) is 22.8 Å². The Morgan fingerprint density at radius 1 is 1.27 bits per heavy atom. The number of rotatable bonds is 5. The fraction of sp³-hybridized carbons (Fsp3) is 0.316. The third-order valence-electron chi connectivity index (χ3n) is 4.52. The summed E-state index contributed by atoms with van der Waals surface area (Å²) in [5.41, 5.74) is 1.61. The van der Waals surface area contributed by atoms with Crippen molar-refractivity contribution in [2.45, 2.75) is 6.42 Å². The predicted octanol–water partition coefficient (Wildman–Crippen LogP) is 3.92. The number of aromatic nitrogens is 3. The molecule has 0 spiro atoms. The van der Waals surface area contributed by atoms with Crippen LogP contribution < -0.4 is 4.90 Å². The Hall–Kier alpha value is -2.44. The molecule has 1 aromatic carbocycles. The lowest BCUT2D eigenvalue weighted by atomic mass is 10.1. The van der Waals surface area contributed by atoms with E-state index in [1.807, 2.05) is 30.3 Å². The van der Waals surface area contributed by atoms with Crippen molar-refractivity contribution in [3.63, 3.8) is 0 Å². The van der Waals surface area contributed by atoms with E-state index < -0.39 is 0 Å². The van der Waals surface area contributed by atoms with E-state index in [1.165, 1.54) is 0 Å². The summed E-state index contributed by atoms with van der Waals surface area (Å²) in [6, 6.07) is 11.3. The predicted molar refractivity (Wildman–Crippen MR) is 100 cm³/mol. The fourth-order valence-corrected chi connectivity index (χ4v) is 3.39. The Morgan fingerprint density at radius 3 is 2.96 bits per heavy atom. The quantitative estimate of drug-likeness (QED) is 0.678. The summed E-state index contributed by atoms with van der Waals surface area (Å²) in [4.78, 5) is 11.3. The average Bonchev–Trinajstić information content (AvgIpc) is 3.32. The molecule has 134 valence electrons. The Bertz CT molecular complexity index is 881. The first kappa shape index (κ1) is 17.0. The summed E-state index contributed by atoms with van der Waals surface area (Å²) in [6.07, 6.45) is 2.90. The van der Waals surface area contributed by atoms with E-state index in [2.05, 4.69) is 20.0 Å². The third-order valence-corrected chi connectivity index (χ3v) is 4.75. The number of hydrogen-bond donors (Lipinski definition) is 0. The Kier molecular flexibility index (Phi) is 4.86. The summed E-state index contributed by atoms with van der Waals surface area (Å²) in [5, 5.41) is 4.67. The molecule has 1 fully saturated rings. The second kappa shape index (κ2) is 7.43. The largest absolute Gasteiger partial charge is 0.384 e. The van der Waals surface area contributed by atoms with Gasteiger partial charge >= 0.3 is 0 Å². The normalized spacial score (nSPS) is 17.0. The standard InChI is InChI=1S/C19H19ClN4O2/c1-25-12-13-7-8-24(11-13)17-6-5-15(10-21-17)19-22-18(23-26-19)14-3-2-4-16(20)9-14/h2-6,9-10,13H,7-8,11-12H2,1H3/t13-/m0/s1. The molecule has 1 saturated heterocycles. The first-order valence-electron chi connectivity index (χ1n) is 8.53. The molecule has 1 aliphatic heterocycles. The van der Waals surface area contributed by atoms with Crippen molar-refractivity contribution in [2.24, 2.45) is 5.92 Å². The molecule has 0 bridgehead atoms. The number of anilines is 1. The van der Waals surface area contributed by atoms with Crippen LogP contribution in [0.25, 0.3) is 22.8 Å². The summed E-state index contributed by atoms with van der Waals surface area (Å²) in [7, 11) is 1.75. The summed E-state index contributed by atoms with van der Waals surface area (Å²) in [5.74, 6) is 2.48. The zero-order chi connectivity index (χ0) is 17.9. The molecule has 7 heteroatoms. The zero-order valence-electron chi connectivity index (χ0n) is 14.4. The van der Waals surface area contributed by atoms with E-state index in [1.54, 1.807) is 19.4 Å². The van der Waals surface area contributed by atoms with Crippen LogP contribution in [0.15, 0.2) is 47.1 Å². The highest BCUT2D eigenvalue weighted by Crippen LogP contribution is 2.26. The third kappa shape index (κ3) is 3.57. The lowest BCUT2D eigenvalue weighted by molar-refractivity contribution is 0.161. The maximum absolute atomic E-state index is 6.02. The van der Waals surface area contributed by atoms with Crippen LogP contribution in [0, 0.1) is 5.92 Å². The van der Waals surface area contributed by atoms with Gasteiger partial charge in [0, 0.05) is 42.9 Å². The molecule has 26 heavy (non-hydrogen) atoms. The second-order valence-electron chi connectivity index (χ2n) is 6.39. The van der Waals surface area contributed by atoms with Crippen molar-refractivity contribution in [1.29, 1.82) is 0 Å². The second-order valence-corrected chi connectivity index (χ2v) is 6.83. The number of methoxy groups -OCH3 is 1. The van der Waals surface area contributed by atoms with Gasteiger partial charge in [-0.25, -0.2) is 4.98 Å². The molecular formula is C19H19ClN4O2. The molecule has 3 aromatic rings. The van der Waals surface area contributed by atoms with Gasteiger partial charge in [-0.1, -0.05) is 28.9 Å². The minimum absolute atomic E-state index is 0.442. The lowest BCUT2D eigenvalue weighted by Gasteiger charge is -2.17. The van der Waals surface area contributed by atoms with Gasteiger partial charge in [0.05, 0.1) is 12.2 Å². The Labute approximate surface area is 156 Å². The van der Waals surface area contributed by atoms with Gasteiger partial charge in [-0.15, -0.1) is 0 Å². The van der Waals surface area contributed by atoms with E-state index in [4.69, 9.17) is 20.9 Å². The molecule has 0 amide bonds. The van der Waals surface area contributed by atoms with Gasteiger partial charge in [0.25, 0.3) is 5.89 Å². The van der Waals surface area contributed by atoms with E-state index in [9.17, 15) is 0 Å². The average molecular weight is 371 g/mol. The zero-order valence-corrected chi connectivity index (χ0v) is 15.2. The first-order chi connectivity index (χ1) is 12.7. The summed E-state index contributed by atoms with van der Waals surface area (Å²) < 4.78 is 10.6. The van der Waals surface area contributed by atoms with Gasteiger partial charge in [0.1, 0.15) is 5.82 Å². The maximum atomic E-state index is 6.02. The highest BCUT2D eigenvalue weighted by molar-refractivity contribution is 6.30. The molecule has 0 N–H and O–H groups in total. The van der Waals surface area contributed by atoms with Crippen molar-refractivity contribution in [2.75, 3.05) is 31.7 Å². The van der Waals surface area contributed by atoms with Gasteiger partial charge < -0.3 is 14.2 Å². The van der Waals surface area contributed by atoms with Crippen LogP contribution in [0.2, 0.25) is 5.02 Å². The van der Waals surface area contributed by atoms with Gasteiger partial charge in [-0.05, 0) is 30.7 Å². The van der Waals surface area contributed by atoms with E-state index in [-0.39, 0.29) is 0 Å². The first-order valence-corrected chi connectivity index (χ1v) is 8.90. The number of ether oxygens (including phenoxy) is 1. The Morgan fingerprint density at radius 2 is 2.19 bits per heavy atom. The van der Waals surface area contributed by atoms with Crippen LogP contribution in [0.3, 0.4) is 0 Å². The van der Waals surface area contributed by atoms with Crippen LogP contribution in [0.4, 0.5) is 5.82 Å². The number of benzene rings is 1. The van der Waals surface area contributed by atoms with E-state index in [0.29, 0.717) is 22.7 Å². The molecule has 6 nitrogen and oxygen atoms in total. The highest BCUT2D eigenvalue weighted by Gasteiger charge is 2.23. The molecule has 2 aromatic heterocycles. The number of hydrogen-bond acceptors (Lipinski definition) is 6. The molecule has 3 heterocycles. The van der Waals surface area contributed by atoms with Crippen molar-refractivity contribution in [3.05, 3.63) is 47.6 Å². The van der Waals surface area contributed by atoms with E-state index in [0.717, 1.165) is 43.1 Å². The topological polar surface area (TPSA) is 64.3 Å². The van der Waals surface area contributed by atoms with Gasteiger partial charge in [0.15, 0.2) is 0 Å². The van der Waals surface area contributed by atoms with Gasteiger partial charge in [-0.3, -0.25) is 0 Å². The number of pyridine rings is 1. The summed E-state index contributed by atoms with van der Waals surface area (Å²) in [6.45, 7) is 2.77. The van der Waals surface area contributed by atoms with Crippen LogP contribution in [0.1, 0.15) is 6.42 Å². The monoisotopic (exact) mass is 370 g/mol. The van der Waals surface area contributed by atoms with Crippen molar-refractivity contribution in [1.82, 2.24) is 15.1 Å². The van der Waals surface area contributed by atoms with Gasteiger partial charge in [0.2, 0.25) is 5.82 Å². The molecular weight excluding hydrogens is 352 g/mol. The fourth-order valence-electron chi connectivity index (χ4n) is 3.20. The van der Waals surface area contributed by atoms with Crippen molar-refractivity contribution < 1.29 is 9.26 Å². The molecule has 0 radical (unpaired) electrons. The minimum Gasteiger partial charge on any atom is -0.384 e. The lowest BCUT2D eigenvalue weighted by Crippen LogP contribution is -2.21. The SMILES string of the molecule is COC[C@H]1CCN(c2ccc(-c3nc(-c4cccc(Cl)c4)no3)cn2)C1. The number of halogens is 1. The molecule has 0 saturated carbocycles. The molecule has 4 rings (SSSR count). The van der Waals surface area contributed by atoms with Crippen LogP contribution in [-0.4, -0.2) is 41.9 Å². The van der Waals surface area contributed by atoms with Crippen molar-refractivity contribution >= 4 is 17.4 Å². The summed E-state index contributed by atoms with van der Waals surface area (Å²) >= 11 is 6.02.